The molecule has 0 spiro atoms. The van der Waals surface area contributed by atoms with Crippen LogP contribution in [0, 0.1) is 0 Å². The van der Waals surface area contributed by atoms with Crippen LogP contribution in [0.3, 0.4) is 0 Å². The minimum Gasteiger partial charge on any atom is -0.494 e. The lowest BCUT2D eigenvalue weighted by molar-refractivity contribution is -0.116. The Kier molecular flexibility index (Phi) is 6.95. The maximum atomic E-state index is 11.9. The molecule has 0 heterocycles. The van der Waals surface area contributed by atoms with Crippen LogP contribution in [0.4, 0.5) is 5.69 Å². The molecule has 2 rings (SSSR count). The van der Waals surface area contributed by atoms with Gasteiger partial charge in [-0.15, -0.1) is 0 Å². The molecule has 0 aliphatic heterocycles. The molecule has 0 aliphatic carbocycles. The van der Waals surface area contributed by atoms with Crippen molar-refractivity contribution in [3.8, 4) is 5.75 Å². The van der Waals surface area contributed by atoms with E-state index in [1.165, 1.54) is 5.56 Å². The number of halogens is 1. The number of carbonyl (C=O) groups is 1. The Bertz CT molecular complexity index is 626. The standard InChI is InChI=1S/C19H22ClNO2/c1-2-6-15-10-12-16(13-11-15)23-14-5-9-19(22)21-18-8-4-3-7-17(18)20/h3-4,7-8,10-13H,2,5-6,9,14H2,1H3,(H,21,22). The van der Waals surface area contributed by atoms with Crippen molar-refractivity contribution in [3.05, 3.63) is 59.1 Å². The largest absolute Gasteiger partial charge is 0.494 e. The minimum absolute atomic E-state index is 0.0556. The molecule has 122 valence electrons. The van der Waals surface area contributed by atoms with Crippen molar-refractivity contribution in [2.75, 3.05) is 11.9 Å². The van der Waals surface area contributed by atoms with Gasteiger partial charge in [0.05, 0.1) is 17.3 Å². The van der Waals surface area contributed by atoms with E-state index in [4.69, 9.17) is 16.3 Å². The lowest BCUT2D eigenvalue weighted by atomic mass is 10.1. The number of hydrogen-bond acceptors (Lipinski definition) is 2. The van der Waals surface area contributed by atoms with Gasteiger partial charge in [-0.25, -0.2) is 0 Å². The second kappa shape index (κ2) is 9.21. The molecule has 0 saturated heterocycles. The first-order valence-electron chi connectivity index (χ1n) is 7.95. The molecule has 0 unspecified atom stereocenters. The maximum Gasteiger partial charge on any atom is 0.224 e. The van der Waals surface area contributed by atoms with Gasteiger partial charge in [-0.1, -0.05) is 49.2 Å². The summed E-state index contributed by atoms with van der Waals surface area (Å²) in [5.41, 5.74) is 1.96. The molecular weight excluding hydrogens is 310 g/mol. The molecule has 0 fully saturated rings. The van der Waals surface area contributed by atoms with Gasteiger partial charge < -0.3 is 10.1 Å². The number of amides is 1. The summed E-state index contributed by atoms with van der Waals surface area (Å²) in [6, 6.07) is 15.3. The third-order valence-corrected chi connectivity index (χ3v) is 3.76. The zero-order chi connectivity index (χ0) is 16.5. The van der Waals surface area contributed by atoms with Gasteiger partial charge >= 0.3 is 0 Å². The first-order chi connectivity index (χ1) is 11.2. The van der Waals surface area contributed by atoms with E-state index in [2.05, 4.69) is 24.4 Å². The fourth-order valence-corrected chi connectivity index (χ4v) is 2.42. The Morgan fingerprint density at radius 2 is 1.87 bits per heavy atom. The number of rotatable bonds is 8. The molecule has 0 saturated carbocycles. The SMILES string of the molecule is CCCc1ccc(OCCCC(=O)Nc2ccccc2Cl)cc1. The van der Waals surface area contributed by atoms with E-state index < -0.39 is 0 Å². The van der Waals surface area contributed by atoms with Crippen molar-refractivity contribution in [1.29, 1.82) is 0 Å². The second-order valence-corrected chi connectivity index (χ2v) is 5.78. The molecule has 0 radical (unpaired) electrons. The van der Waals surface area contributed by atoms with Crippen molar-refractivity contribution < 1.29 is 9.53 Å². The highest BCUT2D eigenvalue weighted by molar-refractivity contribution is 6.33. The highest BCUT2D eigenvalue weighted by Gasteiger charge is 2.05. The number of aryl methyl sites for hydroxylation is 1. The summed E-state index contributed by atoms with van der Waals surface area (Å²) < 4.78 is 5.66. The van der Waals surface area contributed by atoms with Crippen LogP contribution >= 0.6 is 11.6 Å². The normalized spacial score (nSPS) is 10.3. The number of nitrogens with one attached hydrogen (secondary N) is 1. The topological polar surface area (TPSA) is 38.3 Å². The van der Waals surface area contributed by atoms with Crippen molar-refractivity contribution in [2.24, 2.45) is 0 Å². The number of anilines is 1. The first kappa shape index (κ1) is 17.4. The Balaban J connectivity index is 1.68. The quantitative estimate of drug-likeness (QED) is 0.684. The Morgan fingerprint density at radius 1 is 1.13 bits per heavy atom. The molecular formula is C19H22ClNO2. The van der Waals surface area contributed by atoms with Crippen molar-refractivity contribution in [1.82, 2.24) is 0 Å². The predicted molar refractivity (Wildman–Crippen MR) is 95.2 cm³/mol. The predicted octanol–water partition coefficient (Wildman–Crippen LogP) is 5.09. The average molecular weight is 332 g/mol. The van der Waals surface area contributed by atoms with Gasteiger partial charge in [0.1, 0.15) is 5.75 Å². The summed E-state index contributed by atoms with van der Waals surface area (Å²) in [5.74, 6) is 0.788. The lowest BCUT2D eigenvalue weighted by Crippen LogP contribution is -2.13. The fraction of sp³-hybridized carbons (Fsp3) is 0.316. The highest BCUT2D eigenvalue weighted by Crippen LogP contribution is 2.20. The summed E-state index contributed by atoms with van der Waals surface area (Å²) in [6.45, 7) is 2.68. The molecule has 3 nitrogen and oxygen atoms in total. The van der Waals surface area contributed by atoms with Gasteiger partial charge in [0, 0.05) is 6.42 Å². The zero-order valence-electron chi connectivity index (χ0n) is 13.3. The zero-order valence-corrected chi connectivity index (χ0v) is 14.1. The summed E-state index contributed by atoms with van der Waals surface area (Å²) in [5, 5.41) is 3.35. The minimum atomic E-state index is -0.0556. The second-order valence-electron chi connectivity index (χ2n) is 5.37. The molecule has 2 aromatic rings. The van der Waals surface area contributed by atoms with Crippen LogP contribution in [-0.2, 0) is 11.2 Å². The molecule has 1 amide bonds. The Labute approximate surface area is 142 Å². The summed E-state index contributed by atoms with van der Waals surface area (Å²) >= 11 is 6.01. The fourth-order valence-electron chi connectivity index (χ4n) is 2.24. The van der Waals surface area contributed by atoms with E-state index in [0.717, 1.165) is 18.6 Å². The van der Waals surface area contributed by atoms with E-state index in [-0.39, 0.29) is 5.91 Å². The lowest BCUT2D eigenvalue weighted by Gasteiger charge is -2.08. The number of carbonyl (C=O) groups excluding carboxylic acids is 1. The average Bonchev–Trinajstić information content (AvgIpc) is 2.55. The van der Waals surface area contributed by atoms with Crippen LogP contribution in [0.25, 0.3) is 0 Å². The molecule has 1 N–H and O–H groups in total. The van der Waals surface area contributed by atoms with Gasteiger partial charge in [-0.05, 0) is 42.7 Å². The Morgan fingerprint density at radius 3 is 2.57 bits per heavy atom. The highest BCUT2D eigenvalue weighted by atomic mass is 35.5. The van der Waals surface area contributed by atoms with E-state index in [9.17, 15) is 4.79 Å². The molecule has 23 heavy (non-hydrogen) atoms. The number of para-hydroxylation sites is 1. The van der Waals surface area contributed by atoms with Crippen LogP contribution in [0.1, 0.15) is 31.7 Å². The van der Waals surface area contributed by atoms with Gasteiger partial charge in [0.15, 0.2) is 0 Å². The number of ether oxygens (including phenoxy) is 1. The molecule has 0 aliphatic rings. The van der Waals surface area contributed by atoms with Crippen LogP contribution in [-0.4, -0.2) is 12.5 Å². The van der Waals surface area contributed by atoms with Crippen LogP contribution < -0.4 is 10.1 Å². The van der Waals surface area contributed by atoms with Gasteiger partial charge in [0.25, 0.3) is 0 Å². The van der Waals surface area contributed by atoms with E-state index in [1.54, 1.807) is 12.1 Å². The van der Waals surface area contributed by atoms with Crippen molar-refractivity contribution in [2.45, 2.75) is 32.6 Å². The third-order valence-electron chi connectivity index (χ3n) is 3.43. The summed E-state index contributed by atoms with van der Waals surface area (Å²) in [7, 11) is 0. The van der Waals surface area contributed by atoms with Crippen LogP contribution in [0.5, 0.6) is 5.75 Å². The van der Waals surface area contributed by atoms with E-state index in [0.29, 0.717) is 30.2 Å². The molecule has 4 heteroatoms. The molecule has 0 atom stereocenters. The number of benzene rings is 2. The van der Waals surface area contributed by atoms with Gasteiger partial charge in [-0.2, -0.15) is 0 Å². The summed E-state index contributed by atoms with van der Waals surface area (Å²) in [6.07, 6.45) is 3.29. The third kappa shape index (κ3) is 5.95. The number of hydrogen-bond donors (Lipinski definition) is 1. The van der Waals surface area contributed by atoms with Gasteiger partial charge in [-0.3, -0.25) is 4.79 Å². The molecule has 0 bridgehead atoms. The van der Waals surface area contributed by atoms with Crippen LogP contribution in [0.2, 0.25) is 5.02 Å². The summed E-state index contributed by atoms with van der Waals surface area (Å²) in [4.78, 5) is 11.9. The van der Waals surface area contributed by atoms with E-state index >= 15 is 0 Å². The van der Waals surface area contributed by atoms with Crippen molar-refractivity contribution >= 4 is 23.2 Å². The molecule has 2 aromatic carbocycles. The smallest absolute Gasteiger partial charge is 0.224 e. The van der Waals surface area contributed by atoms with E-state index in [1.807, 2.05) is 24.3 Å². The maximum absolute atomic E-state index is 11.9. The van der Waals surface area contributed by atoms with Gasteiger partial charge in [0.2, 0.25) is 5.91 Å². The molecule has 0 aromatic heterocycles. The van der Waals surface area contributed by atoms with Crippen LogP contribution in [0.15, 0.2) is 48.5 Å². The Hall–Kier alpha value is -2.00. The van der Waals surface area contributed by atoms with Crippen molar-refractivity contribution in [3.63, 3.8) is 0 Å². The first-order valence-corrected chi connectivity index (χ1v) is 8.33. The monoisotopic (exact) mass is 331 g/mol.